The number of rotatable bonds is 5. The summed E-state index contributed by atoms with van der Waals surface area (Å²) in [5.41, 5.74) is 0.849. The molecule has 1 atom stereocenters. The van der Waals surface area contributed by atoms with Crippen LogP contribution in [0.15, 0.2) is 0 Å². The van der Waals surface area contributed by atoms with E-state index in [1.165, 1.54) is 11.5 Å². The highest BCUT2D eigenvalue weighted by Crippen LogP contribution is 2.25. The molecule has 1 rings (SSSR count). The minimum absolute atomic E-state index is 0.233. The van der Waals surface area contributed by atoms with Gasteiger partial charge in [-0.15, -0.1) is 5.10 Å². The molecule has 0 aliphatic heterocycles. The van der Waals surface area contributed by atoms with Gasteiger partial charge in [-0.3, -0.25) is 0 Å². The minimum atomic E-state index is 0.233. The molecule has 0 amide bonds. The maximum absolute atomic E-state index is 8.68. The van der Waals surface area contributed by atoms with E-state index >= 15 is 0 Å². The number of aliphatic hydroxyl groups is 1. The average molecular weight is 239 g/mol. The molecule has 6 heteroatoms. The first-order valence-corrected chi connectivity index (χ1v) is 6.13. The number of aliphatic hydroxyl groups excluding tert-OH is 1. The highest BCUT2D eigenvalue weighted by molar-refractivity contribution is 7.99. The average Bonchev–Trinajstić information content (AvgIpc) is 2.48. The molecule has 74 valence electrons. The van der Waals surface area contributed by atoms with E-state index < -0.39 is 0 Å². The largest absolute Gasteiger partial charge is 0.396 e. The molecule has 0 radical (unpaired) electrons. The van der Waals surface area contributed by atoms with E-state index in [1.807, 2.05) is 0 Å². The Morgan fingerprint density at radius 2 is 2.46 bits per heavy atom. The predicted molar refractivity (Wildman–Crippen MR) is 57.4 cm³/mol. The Morgan fingerprint density at radius 3 is 3.00 bits per heavy atom. The van der Waals surface area contributed by atoms with E-state index in [9.17, 15) is 0 Å². The summed E-state index contributed by atoms with van der Waals surface area (Å²) in [5.74, 6) is 0.774. The van der Waals surface area contributed by atoms with Crippen molar-refractivity contribution in [3.8, 4) is 0 Å². The summed E-state index contributed by atoms with van der Waals surface area (Å²) in [7, 11) is 0. The van der Waals surface area contributed by atoms with Gasteiger partial charge in [0.1, 0.15) is 10.0 Å². The van der Waals surface area contributed by atoms with E-state index in [-0.39, 0.29) is 6.61 Å². The van der Waals surface area contributed by atoms with Crippen molar-refractivity contribution < 1.29 is 5.11 Å². The zero-order valence-electron chi connectivity index (χ0n) is 7.23. The third-order valence-electron chi connectivity index (χ3n) is 1.55. The zero-order valence-corrected chi connectivity index (χ0v) is 9.62. The summed E-state index contributed by atoms with van der Waals surface area (Å²) in [6, 6.07) is 0. The number of hydrogen-bond acceptors (Lipinski definition) is 5. The van der Waals surface area contributed by atoms with Crippen molar-refractivity contribution >= 4 is 34.9 Å². The van der Waals surface area contributed by atoms with Crippen LogP contribution >= 0.6 is 34.9 Å². The van der Waals surface area contributed by atoms with Gasteiger partial charge in [0.2, 0.25) is 0 Å². The lowest BCUT2D eigenvalue weighted by Crippen LogP contribution is -2.00. The fourth-order valence-electron chi connectivity index (χ4n) is 0.769. The molecule has 13 heavy (non-hydrogen) atoms. The van der Waals surface area contributed by atoms with Gasteiger partial charge < -0.3 is 5.11 Å². The van der Waals surface area contributed by atoms with E-state index in [1.54, 1.807) is 11.8 Å². The molecule has 1 heterocycles. The minimum Gasteiger partial charge on any atom is -0.396 e. The van der Waals surface area contributed by atoms with Crippen molar-refractivity contribution in [2.24, 2.45) is 0 Å². The molecule has 1 aromatic heterocycles. The van der Waals surface area contributed by atoms with Gasteiger partial charge in [0.25, 0.3) is 0 Å². The molecule has 0 saturated carbocycles. The molecule has 0 aliphatic rings. The van der Waals surface area contributed by atoms with Crippen LogP contribution in [0.25, 0.3) is 0 Å². The number of halogens is 1. The Hall–Kier alpha value is 0.160. The van der Waals surface area contributed by atoms with E-state index in [4.69, 9.17) is 16.7 Å². The van der Waals surface area contributed by atoms with Gasteiger partial charge in [0.05, 0.1) is 0 Å². The Balaban J connectivity index is 2.30. The zero-order chi connectivity index (χ0) is 9.68. The van der Waals surface area contributed by atoms with Crippen LogP contribution in [0, 0.1) is 0 Å². The second-order valence-electron chi connectivity index (χ2n) is 2.63. The lowest BCUT2D eigenvalue weighted by molar-refractivity contribution is 0.289. The predicted octanol–water partition coefficient (Wildman–Crippen LogP) is 2.20. The number of thioether (sulfide) groups is 1. The highest BCUT2D eigenvalue weighted by Gasteiger charge is 2.08. The molecule has 1 N–H and O–H groups in total. The first-order valence-electron chi connectivity index (χ1n) is 3.93. The van der Waals surface area contributed by atoms with Crippen LogP contribution in [0.5, 0.6) is 0 Å². The van der Waals surface area contributed by atoms with Crippen LogP contribution in [0.3, 0.4) is 0 Å². The standard InChI is InChI=1S/C7H11ClN2OS2/c1-5(2-3-11)12-4-6-7(8)13-10-9-6/h5,11H,2-4H2,1H3. The molecule has 0 spiro atoms. The van der Waals surface area contributed by atoms with Crippen LogP contribution in [-0.2, 0) is 5.75 Å². The summed E-state index contributed by atoms with van der Waals surface area (Å²) in [6.07, 6.45) is 0.805. The number of nitrogens with zero attached hydrogens (tertiary/aromatic N) is 2. The molecule has 0 aliphatic carbocycles. The first kappa shape index (κ1) is 11.2. The smallest absolute Gasteiger partial charge is 0.138 e. The molecule has 3 nitrogen and oxygen atoms in total. The van der Waals surface area contributed by atoms with Crippen LogP contribution in [0.1, 0.15) is 19.0 Å². The van der Waals surface area contributed by atoms with Crippen LogP contribution in [-0.4, -0.2) is 26.6 Å². The Bertz CT molecular complexity index is 256. The van der Waals surface area contributed by atoms with Crippen molar-refractivity contribution in [3.63, 3.8) is 0 Å². The second kappa shape index (κ2) is 5.80. The Kier molecular flexibility index (Phi) is 5.01. The van der Waals surface area contributed by atoms with E-state index in [0.717, 1.165) is 17.9 Å². The molecule has 0 bridgehead atoms. The lowest BCUT2D eigenvalue weighted by Gasteiger charge is -2.06. The van der Waals surface area contributed by atoms with E-state index in [0.29, 0.717) is 9.59 Å². The molecule has 0 fully saturated rings. The van der Waals surface area contributed by atoms with Gasteiger partial charge in [0.15, 0.2) is 0 Å². The summed E-state index contributed by atoms with van der Waals surface area (Å²) < 4.78 is 4.41. The summed E-state index contributed by atoms with van der Waals surface area (Å²) >= 11 is 8.77. The topological polar surface area (TPSA) is 46.0 Å². The molecular formula is C7H11ClN2OS2. The summed E-state index contributed by atoms with van der Waals surface area (Å²) in [6.45, 7) is 2.31. The quantitative estimate of drug-likeness (QED) is 0.854. The fraction of sp³-hybridized carbons (Fsp3) is 0.714. The van der Waals surface area contributed by atoms with Crippen molar-refractivity contribution in [1.82, 2.24) is 9.59 Å². The third kappa shape index (κ3) is 3.81. The number of hydrogen-bond donors (Lipinski definition) is 1. The van der Waals surface area contributed by atoms with Gasteiger partial charge in [0, 0.05) is 29.1 Å². The van der Waals surface area contributed by atoms with Crippen LogP contribution in [0.2, 0.25) is 4.34 Å². The molecule has 1 aromatic rings. The van der Waals surface area contributed by atoms with Crippen LogP contribution in [0.4, 0.5) is 0 Å². The van der Waals surface area contributed by atoms with Crippen molar-refractivity contribution in [1.29, 1.82) is 0 Å². The second-order valence-corrected chi connectivity index (χ2v) is 5.41. The third-order valence-corrected chi connectivity index (χ3v) is 3.78. The summed E-state index contributed by atoms with van der Waals surface area (Å²) in [4.78, 5) is 0. The normalized spacial score (nSPS) is 13.2. The highest BCUT2D eigenvalue weighted by atomic mass is 35.5. The SMILES string of the molecule is CC(CCO)SCc1nnsc1Cl. The van der Waals surface area contributed by atoms with Gasteiger partial charge in [-0.2, -0.15) is 11.8 Å². The lowest BCUT2D eigenvalue weighted by atomic mass is 10.3. The first-order chi connectivity index (χ1) is 6.24. The van der Waals surface area contributed by atoms with E-state index in [2.05, 4.69) is 16.5 Å². The van der Waals surface area contributed by atoms with Gasteiger partial charge in [-0.1, -0.05) is 23.0 Å². The van der Waals surface area contributed by atoms with Crippen molar-refractivity contribution in [3.05, 3.63) is 10.0 Å². The Labute approximate surface area is 90.7 Å². The summed E-state index contributed by atoms with van der Waals surface area (Å²) in [5, 5.41) is 13.0. The fourth-order valence-corrected chi connectivity index (χ4v) is 2.48. The number of aromatic nitrogens is 2. The Morgan fingerprint density at radius 1 is 1.69 bits per heavy atom. The molecule has 1 unspecified atom stereocenters. The van der Waals surface area contributed by atoms with Crippen LogP contribution < -0.4 is 0 Å². The van der Waals surface area contributed by atoms with Gasteiger partial charge >= 0.3 is 0 Å². The van der Waals surface area contributed by atoms with Crippen molar-refractivity contribution in [2.75, 3.05) is 6.61 Å². The molecular weight excluding hydrogens is 228 g/mol. The van der Waals surface area contributed by atoms with Gasteiger partial charge in [-0.05, 0) is 6.42 Å². The maximum atomic E-state index is 8.68. The maximum Gasteiger partial charge on any atom is 0.138 e. The van der Waals surface area contributed by atoms with Crippen molar-refractivity contribution in [2.45, 2.75) is 24.3 Å². The molecule has 0 aromatic carbocycles. The van der Waals surface area contributed by atoms with Gasteiger partial charge in [-0.25, -0.2) is 0 Å². The monoisotopic (exact) mass is 238 g/mol. The molecule has 0 saturated heterocycles.